The molecular weight excluding hydrogens is 290 g/mol. The molecule has 1 heterocycles. The first kappa shape index (κ1) is 13.5. The Hall–Kier alpha value is -0.590. The summed E-state index contributed by atoms with van der Waals surface area (Å²) in [5.41, 5.74) is 5.48. The molecule has 0 radical (unpaired) electrons. The Morgan fingerprint density at radius 2 is 2.50 bits per heavy atom. The second-order valence-corrected chi connectivity index (χ2v) is 5.42. The first-order valence-corrected chi connectivity index (χ1v) is 6.75. The number of nitrogens with zero attached hydrogens (tertiary/aromatic N) is 1. The summed E-state index contributed by atoms with van der Waals surface area (Å²) in [6.45, 7) is 2.89. The summed E-state index contributed by atoms with van der Waals surface area (Å²) in [7, 11) is 0. The van der Waals surface area contributed by atoms with E-state index in [9.17, 15) is 0 Å². The van der Waals surface area contributed by atoms with E-state index < -0.39 is 0 Å². The summed E-state index contributed by atoms with van der Waals surface area (Å²) in [6.07, 6.45) is 1.52. The molecule has 1 atom stereocenters. The van der Waals surface area contributed by atoms with Gasteiger partial charge in [-0.3, -0.25) is 0 Å². The predicted molar refractivity (Wildman–Crippen MR) is 71.0 cm³/mol. The Balaban J connectivity index is 2.39. The van der Waals surface area contributed by atoms with Gasteiger partial charge in [-0.25, -0.2) is 0 Å². The molecule has 1 unspecified atom stereocenters. The maximum atomic E-state index is 8.50. The molecular formula is C10H16BrN3OS. The van der Waals surface area contributed by atoms with Gasteiger partial charge in [-0.05, 0) is 28.4 Å². The molecule has 1 aromatic heterocycles. The lowest BCUT2D eigenvalue weighted by Gasteiger charge is -2.15. The molecule has 0 aliphatic carbocycles. The minimum Gasteiger partial charge on any atom is -0.409 e. The van der Waals surface area contributed by atoms with Gasteiger partial charge in [0.25, 0.3) is 0 Å². The lowest BCUT2D eigenvalue weighted by Crippen LogP contribution is -2.32. The molecule has 0 aromatic carbocycles. The number of rotatable bonds is 6. The van der Waals surface area contributed by atoms with Gasteiger partial charge < -0.3 is 16.3 Å². The largest absolute Gasteiger partial charge is 0.409 e. The first-order valence-electron chi connectivity index (χ1n) is 5.08. The van der Waals surface area contributed by atoms with E-state index in [1.54, 1.807) is 11.3 Å². The van der Waals surface area contributed by atoms with Gasteiger partial charge in [0.2, 0.25) is 0 Å². The van der Waals surface area contributed by atoms with Gasteiger partial charge in [0, 0.05) is 33.7 Å². The predicted octanol–water partition coefficient (Wildman–Crippen LogP) is 2.52. The van der Waals surface area contributed by atoms with Crippen molar-refractivity contribution in [3.05, 3.63) is 20.8 Å². The average molecular weight is 306 g/mol. The summed E-state index contributed by atoms with van der Waals surface area (Å²) in [4.78, 5) is 1.27. The van der Waals surface area contributed by atoms with Crippen molar-refractivity contribution < 1.29 is 5.21 Å². The van der Waals surface area contributed by atoms with Crippen molar-refractivity contribution in [2.45, 2.75) is 32.4 Å². The van der Waals surface area contributed by atoms with E-state index in [0.717, 1.165) is 17.4 Å². The zero-order valence-electron chi connectivity index (χ0n) is 9.11. The number of oxime groups is 1. The number of halogens is 1. The van der Waals surface area contributed by atoms with Gasteiger partial charge in [-0.2, -0.15) is 0 Å². The van der Waals surface area contributed by atoms with Crippen LogP contribution in [0.4, 0.5) is 0 Å². The van der Waals surface area contributed by atoms with Crippen LogP contribution in [0, 0.1) is 0 Å². The maximum absolute atomic E-state index is 8.50. The number of amidine groups is 1. The number of hydrogen-bond acceptors (Lipinski definition) is 4. The normalized spacial score (nSPS) is 14.0. The minimum atomic E-state index is 0.247. The van der Waals surface area contributed by atoms with Crippen molar-refractivity contribution in [2.75, 3.05) is 0 Å². The highest BCUT2D eigenvalue weighted by atomic mass is 79.9. The zero-order valence-corrected chi connectivity index (χ0v) is 11.5. The molecule has 90 valence electrons. The zero-order chi connectivity index (χ0) is 12.0. The molecule has 0 aliphatic heterocycles. The van der Waals surface area contributed by atoms with Crippen LogP contribution in [0.15, 0.2) is 21.1 Å². The summed E-state index contributed by atoms with van der Waals surface area (Å²) >= 11 is 5.12. The van der Waals surface area contributed by atoms with E-state index >= 15 is 0 Å². The van der Waals surface area contributed by atoms with Gasteiger partial charge in [-0.1, -0.05) is 12.1 Å². The van der Waals surface area contributed by atoms with E-state index in [-0.39, 0.29) is 11.9 Å². The monoisotopic (exact) mass is 305 g/mol. The van der Waals surface area contributed by atoms with E-state index in [0.29, 0.717) is 6.42 Å². The lowest BCUT2D eigenvalue weighted by molar-refractivity contribution is 0.315. The molecule has 0 fully saturated rings. The summed E-state index contributed by atoms with van der Waals surface area (Å²) in [6, 6.07) is 2.34. The highest BCUT2D eigenvalue weighted by Crippen LogP contribution is 2.19. The van der Waals surface area contributed by atoms with Crippen molar-refractivity contribution in [3.8, 4) is 0 Å². The molecule has 4 N–H and O–H groups in total. The topological polar surface area (TPSA) is 70.6 Å². The number of hydrogen-bond donors (Lipinski definition) is 3. The van der Waals surface area contributed by atoms with Crippen LogP contribution in [0.25, 0.3) is 0 Å². The van der Waals surface area contributed by atoms with Crippen LogP contribution in [-0.2, 0) is 6.54 Å². The molecule has 0 spiro atoms. The van der Waals surface area contributed by atoms with E-state index in [2.05, 4.69) is 44.8 Å². The van der Waals surface area contributed by atoms with Gasteiger partial charge in [0.1, 0.15) is 5.84 Å². The molecule has 0 saturated carbocycles. The average Bonchev–Trinajstić information content (AvgIpc) is 2.69. The Kier molecular flexibility index (Phi) is 5.79. The Morgan fingerprint density at radius 1 is 1.75 bits per heavy atom. The quantitative estimate of drug-likeness (QED) is 0.327. The standard InChI is InChI=1S/C10H16BrN3OS/c1-2-8(4-10(12)14-15)13-5-9-3-7(11)6-16-9/h3,6,8,13,15H,2,4-5H2,1H3,(H2,12,14). The SMILES string of the molecule is CCC(CC(N)=NO)NCc1cc(Br)cs1. The third-order valence-corrected chi connectivity index (χ3v) is 3.96. The second kappa shape index (κ2) is 6.88. The van der Waals surface area contributed by atoms with Crippen LogP contribution in [-0.4, -0.2) is 17.1 Å². The molecule has 1 aromatic rings. The number of nitrogens with two attached hydrogens (primary N) is 1. The van der Waals surface area contributed by atoms with Crippen LogP contribution >= 0.6 is 27.3 Å². The fourth-order valence-electron chi connectivity index (χ4n) is 1.35. The molecule has 0 saturated heterocycles. The Bertz CT molecular complexity index is 354. The highest BCUT2D eigenvalue weighted by molar-refractivity contribution is 9.10. The van der Waals surface area contributed by atoms with Crippen molar-refractivity contribution in [2.24, 2.45) is 10.9 Å². The number of thiophene rings is 1. The lowest BCUT2D eigenvalue weighted by atomic mass is 10.1. The van der Waals surface area contributed by atoms with Crippen LogP contribution in [0.2, 0.25) is 0 Å². The van der Waals surface area contributed by atoms with Crippen LogP contribution < -0.4 is 11.1 Å². The fourth-order valence-corrected chi connectivity index (χ4v) is 2.75. The van der Waals surface area contributed by atoms with Crippen molar-refractivity contribution in [1.29, 1.82) is 0 Å². The third kappa shape index (κ3) is 4.51. The third-order valence-electron chi connectivity index (χ3n) is 2.26. The first-order chi connectivity index (χ1) is 7.65. The maximum Gasteiger partial charge on any atom is 0.140 e. The Labute approximate surface area is 108 Å². The van der Waals surface area contributed by atoms with Crippen molar-refractivity contribution in [3.63, 3.8) is 0 Å². The smallest absolute Gasteiger partial charge is 0.140 e. The second-order valence-electron chi connectivity index (χ2n) is 3.51. The molecule has 0 bridgehead atoms. The highest BCUT2D eigenvalue weighted by Gasteiger charge is 2.08. The summed E-state index contributed by atoms with van der Waals surface area (Å²) < 4.78 is 1.11. The van der Waals surface area contributed by atoms with Gasteiger partial charge in [0.05, 0.1) is 0 Å². The van der Waals surface area contributed by atoms with Crippen molar-refractivity contribution in [1.82, 2.24) is 5.32 Å². The van der Waals surface area contributed by atoms with Crippen LogP contribution in [0.1, 0.15) is 24.6 Å². The summed E-state index contributed by atoms with van der Waals surface area (Å²) in [5.74, 6) is 0.270. The van der Waals surface area contributed by atoms with Gasteiger partial charge in [0.15, 0.2) is 0 Å². The van der Waals surface area contributed by atoms with Crippen LogP contribution in [0.3, 0.4) is 0 Å². The van der Waals surface area contributed by atoms with Crippen LogP contribution in [0.5, 0.6) is 0 Å². The van der Waals surface area contributed by atoms with E-state index in [1.807, 2.05) is 0 Å². The van der Waals surface area contributed by atoms with E-state index in [4.69, 9.17) is 10.9 Å². The van der Waals surface area contributed by atoms with E-state index in [1.165, 1.54) is 4.88 Å². The minimum absolute atomic E-state index is 0.247. The fraction of sp³-hybridized carbons (Fsp3) is 0.500. The molecule has 6 heteroatoms. The van der Waals surface area contributed by atoms with Gasteiger partial charge in [-0.15, -0.1) is 11.3 Å². The molecule has 0 aliphatic rings. The summed E-state index contributed by atoms with van der Waals surface area (Å²) in [5, 5.41) is 16.9. The molecule has 0 amide bonds. The molecule has 16 heavy (non-hydrogen) atoms. The van der Waals surface area contributed by atoms with Crippen molar-refractivity contribution >= 4 is 33.1 Å². The molecule has 4 nitrogen and oxygen atoms in total. The number of nitrogens with one attached hydrogen (secondary N) is 1. The van der Waals surface area contributed by atoms with Gasteiger partial charge >= 0.3 is 0 Å². The Morgan fingerprint density at radius 3 is 3.00 bits per heavy atom. The molecule has 1 rings (SSSR count).